The van der Waals surface area contributed by atoms with Crippen LogP contribution >= 0.6 is 0 Å². The van der Waals surface area contributed by atoms with Crippen LogP contribution in [0.25, 0.3) is 11.1 Å². The lowest BCUT2D eigenvalue weighted by Gasteiger charge is -2.28. The molecule has 7 heteroatoms. The predicted octanol–water partition coefficient (Wildman–Crippen LogP) is 4.98. The Morgan fingerprint density at radius 3 is 2.59 bits per heavy atom. The standard InChI is InChI=1S/C30H37N7/c1-22-14-26(7-9-30(22)37-21-25(15-23(37)2)20-36-13-10-33-34-36)27-6-8-28(32-18-27)29-16-24(17-31-29)19-35-11-4-3-5-12-35/h6-10,13-14,18,24-25H,2-5,11-12,15-17,19-21H2,1H3. The van der Waals surface area contributed by atoms with Gasteiger partial charge >= 0.3 is 0 Å². The van der Waals surface area contributed by atoms with Crippen LogP contribution in [-0.4, -0.2) is 63.3 Å². The molecular formula is C30H37N7. The van der Waals surface area contributed by atoms with Crippen LogP contribution in [0.4, 0.5) is 5.69 Å². The molecule has 0 saturated carbocycles. The number of benzene rings is 1. The number of hydrogen-bond donors (Lipinski definition) is 0. The number of hydrogen-bond acceptors (Lipinski definition) is 6. The Kier molecular flexibility index (Phi) is 6.87. The molecule has 0 aliphatic carbocycles. The van der Waals surface area contributed by atoms with E-state index in [9.17, 15) is 0 Å². The number of aryl methyl sites for hydroxylation is 1. The number of aliphatic imine (C=N–C) groups is 1. The highest BCUT2D eigenvalue weighted by Gasteiger charge is 2.28. The maximum atomic E-state index is 4.87. The van der Waals surface area contributed by atoms with Crippen LogP contribution in [0, 0.1) is 18.8 Å². The van der Waals surface area contributed by atoms with Crippen molar-refractivity contribution in [2.45, 2.75) is 45.6 Å². The Hall–Kier alpha value is -3.32. The monoisotopic (exact) mass is 495 g/mol. The molecule has 2 aromatic heterocycles. The third kappa shape index (κ3) is 5.37. The highest BCUT2D eigenvalue weighted by molar-refractivity contribution is 6.00. The first-order valence-electron chi connectivity index (χ1n) is 13.7. The summed E-state index contributed by atoms with van der Waals surface area (Å²) in [5, 5.41) is 8.06. The molecule has 5 heterocycles. The van der Waals surface area contributed by atoms with Gasteiger partial charge in [0.15, 0.2) is 0 Å². The molecule has 1 aromatic carbocycles. The van der Waals surface area contributed by atoms with Crippen molar-refractivity contribution in [2.75, 3.05) is 37.6 Å². The van der Waals surface area contributed by atoms with E-state index in [1.807, 2.05) is 17.1 Å². The number of nitrogens with zero attached hydrogens (tertiary/aromatic N) is 7. The molecule has 37 heavy (non-hydrogen) atoms. The zero-order valence-electron chi connectivity index (χ0n) is 21.9. The molecule has 3 aromatic rings. The minimum absolute atomic E-state index is 0.489. The summed E-state index contributed by atoms with van der Waals surface area (Å²) in [7, 11) is 0. The summed E-state index contributed by atoms with van der Waals surface area (Å²) in [5.41, 5.74) is 8.21. The average molecular weight is 496 g/mol. The van der Waals surface area contributed by atoms with Crippen LogP contribution < -0.4 is 4.90 Å². The number of piperidine rings is 1. The van der Waals surface area contributed by atoms with Crippen LogP contribution in [0.1, 0.15) is 43.4 Å². The van der Waals surface area contributed by atoms with Gasteiger partial charge in [-0.15, -0.1) is 5.10 Å². The summed E-state index contributed by atoms with van der Waals surface area (Å²) in [6.07, 6.45) is 11.8. The number of pyridine rings is 1. The topological polar surface area (TPSA) is 62.4 Å². The molecule has 7 nitrogen and oxygen atoms in total. The number of likely N-dealkylation sites (tertiary alicyclic amines) is 1. The lowest BCUT2D eigenvalue weighted by Crippen LogP contribution is -2.34. The van der Waals surface area contributed by atoms with Gasteiger partial charge in [0.2, 0.25) is 0 Å². The number of aromatic nitrogens is 4. The normalized spacial score (nSPS) is 22.6. The van der Waals surface area contributed by atoms with Crippen molar-refractivity contribution < 1.29 is 0 Å². The molecule has 2 fully saturated rings. The fourth-order valence-corrected chi connectivity index (χ4v) is 6.21. The van der Waals surface area contributed by atoms with Crippen molar-refractivity contribution in [3.05, 3.63) is 72.5 Å². The molecule has 0 radical (unpaired) electrons. The Balaban J connectivity index is 1.09. The Morgan fingerprint density at radius 2 is 1.84 bits per heavy atom. The SMILES string of the molecule is C=C1CC(Cn2ccnn2)CN1c1ccc(-c2ccc(C3=NCC(CN4CCCCC4)C3)nc2)cc1C. The second-order valence-electron chi connectivity index (χ2n) is 11.0. The van der Waals surface area contributed by atoms with Gasteiger partial charge in [-0.2, -0.15) is 0 Å². The van der Waals surface area contributed by atoms with E-state index in [2.05, 4.69) is 63.9 Å². The summed E-state index contributed by atoms with van der Waals surface area (Å²) in [6.45, 7) is 13.0. The third-order valence-electron chi connectivity index (χ3n) is 8.13. The minimum Gasteiger partial charge on any atom is -0.345 e. The molecule has 0 amide bonds. The minimum atomic E-state index is 0.489. The number of rotatable bonds is 7. The van der Waals surface area contributed by atoms with Crippen molar-refractivity contribution in [3.63, 3.8) is 0 Å². The van der Waals surface area contributed by atoms with Crippen LogP contribution in [0.2, 0.25) is 0 Å². The van der Waals surface area contributed by atoms with E-state index in [1.54, 1.807) is 6.20 Å². The first-order valence-corrected chi connectivity index (χ1v) is 13.7. The Labute approximate surface area is 219 Å². The van der Waals surface area contributed by atoms with Crippen molar-refractivity contribution in [1.82, 2.24) is 24.9 Å². The van der Waals surface area contributed by atoms with E-state index >= 15 is 0 Å². The van der Waals surface area contributed by atoms with Gasteiger partial charge in [0.05, 0.1) is 17.6 Å². The number of anilines is 1. The van der Waals surface area contributed by atoms with Gasteiger partial charge in [0.1, 0.15) is 0 Å². The molecule has 3 aliphatic heterocycles. The highest BCUT2D eigenvalue weighted by Crippen LogP contribution is 2.35. The fourth-order valence-electron chi connectivity index (χ4n) is 6.21. The molecule has 0 spiro atoms. The van der Waals surface area contributed by atoms with Crippen molar-refractivity contribution in [2.24, 2.45) is 16.8 Å². The summed E-state index contributed by atoms with van der Waals surface area (Å²) < 4.78 is 1.92. The maximum Gasteiger partial charge on any atom is 0.0840 e. The zero-order valence-corrected chi connectivity index (χ0v) is 21.9. The van der Waals surface area contributed by atoms with Gasteiger partial charge in [-0.1, -0.05) is 30.3 Å². The van der Waals surface area contributed by atoms with E-state index in [-0.39, 0.29) is 0 Å². The Bertz CT molecular complexity index is 1260. The second-order valence-corrected chi connectivity index (χ2v) is 11.0. The molecule has 0 N–H and O–H groups in total. The molecule has 192 valence electrons. The van der Waals surface area contributed by atoms with Crippen molar-refractivity contribution in [1.29, 1.82) is 0 Å². The zero-order chi connectivity index (χ0) is 25.2. The van der Waals surface area contributed by atoms with E-state index in [4.69, 9.17) is 9.98 Å². The molecular weight excluding hydrogens is 458 g/mol. The quantitative estimate of drug-likeness (QED) is 0.462. The maximum absolute atomic E-state index is 4.87. The van der Waals surface area contributed by atoms with E-state index in [1.165, 1.54) is 67.1 Å². The smallest absolute Gasteiger partial charge is 0.0840 e. The van der Waals surface area contributed by atoms with Gasteiger partial charge in [-0.05, 0) is 80.9 Å². The summed E-state index contributed by atoms with van der Waals surface area (Å²) in [4.78, 5) is 14.7. The third-order valence-corrected chi connectivity index (χ3v) is 8.13. The van der Waals surface area contributed by atoms with Gasteiger partial charge < -0.3 is 9.80 Å². The average Bonchev–Trinajstić information content (AvgIpc) is 3.67. The molecule has 3 aliphatic rings. The molecule has 6 rings (SSSR count). The lowest BCUT2D eigenvalue weighted by atomic mass is 10.00. The summed E-state index contributed by atoms with van der Waals surface area (Å²) in [5.74, 6) is 1.13. The van der Waals surface area contributed by atoms with Crippen LogP contribution in [-0.2, 0) is 6.54 Å². The second kappa shape index (κ2) is 10.6. The first kappa shape index (κ1) is 24.0. The summed E-state index contributed by atoms with van der Waals surface area (Å²) in [6, 6.07) is 11.1. The van der Waals surface area contributed by atoms with Crippen LogP contribution in [0.15, 0.2) is 66.2 Å². The van der Waals surface area contributed by atoms with Crippen molar-refractivity contribution >= 4 is 11.4 Å². The van der Waals surface area contributed by atoms with Crippen LogP contribution in [0.3, 0.4) is 0 Å². The fraction of sp³-hybridized carbons (Fsp3) is 0.467. The van der Waals surface area contributed by atoms with Gasteiger partial charge in [0.25, 0.3) is 0 Å². The molecule has 2 atom stereocenters. The van der Waals surface area contributed by atoms with Gasteiger partial charge in [-0.25, -0.2) is 0 Å². The predicted molar refractivity (Wildman–Crippen MR) is 149 cm³/mol. The first-order chi connectivity index (χ1) is 18.1. The highest BCUT2D eigenvalue weighted by atomic mass is 15.4. The largest absolute Gasteiger partial charge is 0.345 e. The molecule has 0 bridgehead atoms. The van der Waals surface area contributed by atoms with Crippen LogP contribution in [0.5, 0.6) is 0 Å². The van der Waals surface area contributed by atoms with Gasteiger partial charge in [-0.3, -0.25) is 14.7 Å². The van der Waals surface area contributed by atoms with E-state index < -0.39 is 0 Å². The van der Waals surface area contributed by atoms with E-state index in [0.717, 1.165) is 43.7 Å². The molecule has 2 saturated heterocycles. The number of allylic oxidation sites excluding steroid dienone is 1. The summed E-state index contributed by atoms with van der Waals surface area (Å²) >= 11 is 0. The van der Waals surface area contributed by atoms with E-state index in [0.29, 0.717) is 11.8 Å². The van der Waals surface area contributed by atoms with Gasteiger partial charge in [0, 0.05) is 61.4 Å². The lowest BCUT2D eigenvalue weighted by molar-refractivity contribution is 0.202. The van der Waals surface area contributed by atoms with Crippen molar-refractivity contribution in [3.8, 4) is 11.1 Å². The molecule has 2 unspecified atom stereocenters. The Morgan fingerprint density at radius 1 is 0.973 bits per heavy atom.